The lowest BCUT2D eigenvalue weighted by Crippen LogP contribution is -2.14. The van der Waals surface area contributed by atoms with Crippen LogP contribution in [-0.4, -0.2) is 5.25 Å². The molecule has 0 aliphatic heterocycles. The molecule has 0 atom stereocenters. The Bertz CT molecular complexity index is 273. The minimum absolute atomic E-state index is 0.918. The van der Waals surface area contributed by atoms with Crippen molar-refractivity contribution in [2.24, 2.45) is 5.92 Å². The second kappa shape index (κ2) is 5.60. The predicted octanol–water partition coefficient (Wildman–Crippen LogP) is 4.50. The van der Waals surface area contributed by atoms with Crippen molar-refractivity contribution in [3.05, 3.63) is 35.9 Å². The van der Waals surface area contributed by atoms with E-state index in [2.05, 4.69) is 49.0 Å². The van der Waals surface area contributed by atoms with Crippen molar-refractivity contribution in [1.29, 1.82) is 0 Å². The zero-order valence-corrected chi connectivity index (χ0v) is 10.3. The Morgan fingerprint density at radius 2 is 1.73 bits per heavy atom. The van der Waals surface area contributed by atoms with Gasteiger partial charge in [-0.2, -0.15) is 11.8 Å². The van der Waals surface area contributed by atoms with Crippen LogP contribution in [0.3, 0.4) is 0 Å². The number of rotatable bonds is 3. The first-order valence-electron chi connectivity index (χ1n) is 6.00. The highest BCUT2D eigenvalue weighted by Gasteiger charge is 2.18. The second-order valence-electron chi connectivity index (χ2n) is 4.68. The van der Waals surface area contributed by atoms with Crippen LogP contribution in [0, 0.1) is 5.92 Å². The molecule has 0 spiro atoms. The van der Waals surface area contributed by atoms with Crippen molar-refractivity contribution in [3.63, 3.8) is 0 Å². The van der Waals surface area contributed by atoms with Crippen LogP contribution in [0.15, 0.2) is 30.3 Å². The van der Waals surface area contributed by atoms with Crippen LogP contribution in [0.1, 0.15) is 38.2 Å². The van der Waals surface area contributed by atoms with Gasteiger partial charge in [-0.1, -0.05) is 37.3 Å². The summed E-state index contributed by atoms with van der Waals surface area (Å²) >= 11 is 2.15. The zero-order valence-electron chi connectivity index (χ0n) is 9.49. The van der Waals surface area contributed by atoms with Gasteiger partial charge in [0.1, 0.15) is 0 Å². The number of benzene rings is 1. The normalized spacial score (nSPS) is 26.5. The van der Waals surface area contributed by atoms with Crippen molar-refractivity contribution in [2.75, 3.05) is 0 Å². The maximum Gasteiger partial charge on any atom is 0.0187 e. The number of hydrogen-bond donors (Lipinski definition) is 0. The Morgan fingerprint density at radius 3 is 2.40 bits per heavy atom. The van der Waals surface area contributed by atoms with Gasteiger partial charge in [0, 0.05) is 11.0 Å². The van der Waals surface area contributed by atoms with E-state index in [9.17, 15) is 0 Å². The molecular weight excluding hydrogens is 200 g/mol. The maximum absolute atomic E-state index is 2.39. The SMILES string of the molecule is CC1CCC(SCc2ccccc2)CC1. The molecule has 0 bridgehead atoms. The number of thioether (sulfide) groups is 1. The lowest BCUT2D eigenvalue weighted by molar-refractivity contribution is 0.393. The second-order valence-corrected chi connectivity index (χ2v) is 5.97. The van der Waals surface area contributed by atoms with Crippen LogP contribution in [0.5, 0.6) is 0 Å². The van der Waals surface area contributed by atoms with Crippen molar-refractivity contribution in [1.82, 2.24) is 0 Å². The predicted molar refractivity (Wildman–Crippen MR) is 69.2 cm³/mol. The van der Waals surface area contributed by atoms with Crippen molar-refractivity contribution in [2.45, 2.75) is 43.6 Å². The molecule has 0 radical (unpaired) electrons. The van der Waals surface area contributed by atoms with Crippen LogP contribution in [0.25, 0.3) is 0 Å². The molecule has 1 aromatic rings. The summed E-state index contributed by atoms with van der Waals surface area (Å²) in [5.41, 5.74) is 1.47. The Morgan fingerprint density at radius 1 is 1.07 bits per heavy atom. The third-order valence-electron chi connectivity index (χ3n) is 3.29. The molecule has 1 aromatic carbocycles. The summed E-state index contributed by atoms with van der Waals surface area (Å²) in [6.07, 6.45) is 5.73. The lowest BCUT2D eigenvalue weighted by atomic mass is 9.91. The first kappa shape index (κ1) is 11.1. The van der Waals surface area contributed by atoms with Gasteiger partial charge in [0.15, 0.2) is 0 Å². The highest BCUT2D eigenvalue weighted by Crippen LogP contribution is 2.33. The first-order valence-corrected chi connectivity index (χ1v) is 7.05. The summed E-state index contributed by atoms with van der Waals surface area (Å²) in [6.45, 7) is 2.39. The van der Waals surface area contributed by atoms with Gasteiger partial charge in [0.05, 0.1) is 0 Å². The summed E-state index contributed by atoms with van der Waals surface area (Å²) in [5, 5.41) is 0.918. The summed E-state index contributed by atoms with van der Waals surface area (Å²) in [6, 6.07) is 10.8. The van der Waals surface area contributed by atoms with Gasteiger partial charge in [-0.05, 0) is 37.2 Å². The fourth-order valence-electron chi connectivity index (χ4n) is 2.18. The van der Waals surface area contributed by atoms with Gasteiger partial charge in [-0.3, -0.25) is 0 Å². The lowest BCUT2D eigenvalue weighted by Gasteiger charge is -2.25. The largest absolute Gasteiger partial charge is 0.154 e. The highest BCUT2D eigenvalue weighted by atomic mass is 32.2. The van der Waals surface area contributed by atoms with Crippen LogP contribution in [0.2, 0.25) is 0 Å². The molecule has 2 rings (SSSR count). The third kappa shape index (κ3) is 3.57. The summed E-state index contributed by atoms with van der Waals surface area (Å²) in [5.74, 6) is 2.17. The monoisotopic (exact) mass is 220 g/mol. The molecule has 0 aromatic heterocycles. The van der Waals surface area contributed by atoms with E-state index in [1.54, 1.807) is 0 Å². The fourth-order valence-corrected chi connectivity index (χ4v) is 3.41. The summed E-state index contributed by atoms with van der Waals surface area (Å²) in [7, 11) is 0. The van der Waals surface area contributed by atoms with E-state index < -0.39 is 0 Å². The van der Waals surface area contributed by atoms with E-state index in [-0.39, 0.29) is 0 Å². The molecule has 1 saturated carbocycles. The quantitative estimate of drug-likeness (QED) is 0.723. The molecular formula is C14H20S. The van der Waals surface area contributed by atoms with Gasteiger partial charge in [-0.25, -0.2) is 0 Å². The van der Waals surface area contributed by atoms with Gasteiger partial charge in [0.25, 0.3) is 0 Å². The molecule has 0 unspecified atom stereocenters. The van der Waals surface area contributed by atoms with Crippen molar-refractivity contribution < 1.29 is 0 Å². The summed E-state index contributed by atoms with van der Waals surface area (Å²) in [4.78, 5) is 0. The maximum atomic E-state index is 2.39. The van der Waals surface area contributed by atoms with E-state index in [0.717, 1.165) is 11.2 Å². The Kier molecular flexibility index (Phi) is 4.13. The topological polar surface area (TPSA) is 0 Å². The van der Waals surface area contributed by atoms with Gasteiger partial charge < -0.3 is 0 Å². The molecule has 1 aliphatic carbocycles. The van der Waals surface area contributed by atoms with E-state index >= 15 is 0 Å². The van der Waals surface area contributed by atoms with Gasteiger partial charge in [0.2, 0.25) is 0 Å². The van der Waals surface area contributed by atoms with E-state index in [1.807, 2.05) is 0 Å². The van der Waals surface area contributed by atoms with E-state index in [0.29, 0.717) is 0 Å². The molecule has 0 amide bonds. The van der Waals surface area contributed by atoms with Crippen LogP contribution < -0.4 is 0 Å². The van der Waals surface area contributed by atoms with Gasteiger partial charge >= 0.3 is 0 Å². The molecule has 82 valence electrons. The summed E-state index contributed by atoms with van der Waals surface area (Å²) < 4.78 is 0. The Labute approximate surface area is 97.5 Å². The molecule has 1 aliphatic rings. The smallest absolute Gasteiger partial charge is 0.0187 e. The standard InChI is InChI=1S/C14H20S/c1-12-7-9-14(10-8-12)15-11-13-5-3-2-4-6-13/h2-6,12,14H,7-11H2,1H3. The molecule has 0 nitrogen and oxygen atoms in total. The molecule has 0 heterocycles. The van der Waals surface area contributed by atoms with Crippen molar-refractivity contribution in [3.8, 4) is 0 Å². The Balaban J connectivity index is 1.74. The average molecular weight is 220 g/mol. The molecule has 0 N–H and O–H groups in total. The molecule has 1 fully saturated rings. The zero-order chi connectivity index (χ0) is 10.5. The van der Waals surface area contributed by atoms with Crippen molar-refractivity contribution >= 4 is 11.8 Å². The van der Waals surface area contributed by atoms with Crippen LogP contribution >= 0.6 is 11.8 Å². The molecule has 1 heteroatoms. The van der Waals surface area contributed by atoms with E-state index in [1.165, 1.54) is 37.0 Å². The molecule has 0 saturated heterocycles. The van der Waals surface area contributed by atoms with Crippen LogP contribution in [0.4, 0.5) is 0 Å². The molecule has 15 heavy (non-hydrogen) atoms. The number of hydrogen-bond acceptors (Lipinski definition) is 1. The van der Waals surface area contributed by atoms with Gasteiger partial charge in [-0.15, -0.1) is 0 Å². The minimum Gasteiger partial charge on any atom is -0.154 e. The van der Waals surface area contributed by atoms with Crippen LogP contribution in [-0.2, 0) is 5.75 Å². The Hall–Kier alpha value is -0.430. The first-order chi connectivity index (χ1) is 7.34. The third-order valence-corrected chi connectivity index (χ3v) is 4.73. The average Bonchev–Trinajstić information content (AvgIpc) is 2.30. The van der Waals surface area contributed by atoms with E-state index in [4.69, 9.17) is 0 Å². The fraction of sp³-hybridized carbons (Fsp3) is 0.571. The highest BCUT2D eigenvalue weighted by molar-refractivity contribution is 7.99. The minimum atomic E-state index is 0.918.